The Bertz CT molecular complexity index is 614. The molecule has 1 nitrogen and oxygen atoms in total. The third-order valence-corrected chi connectivity index (χ3v) is 3.43. The van der Waals surface area contributed by atoms with Crippen LogP contribution >= 0.6 is 11.6 Å². The summed E-state index contributed by atoms with van der Waals surface area (Å²) in [7, 11) is 0. The van der Waals surface area contributed by atoms with Crippen LogP contribution < -0.4 is 5.32 Å². The SMILES string of the molecule is CCCNC(c1ccc(Cl)cc1)c1ccc(F)c(F)c1F. The molecule has 0 bridgehead atoms. The highest BCUT2D eigenvalue weighted by atomic mass is 35.5. The number of rotatable bonds is 5. The van der Waals surface area contributed by atoms with Gasteiger partial charge in [0.05, 0.1) is 6.04 Å². The minimum Gasteiger partial charge on any atom is -0.306 e. The Balaban J connectivity index is 2.45. The van der Waals surface area contributed by atoms with Crippen molar-refractivity contribution in [3.63, 3.8) is 0 Å². The fourth-order valence-corrected chi connectivity index (χ4v) is 2.24. The topological polar surface area (TPSA) is 12.0 Å². The molecule has 1 N–H and O–H groups in total. The smallest absolute Gasteiger partial charge is 0.194 e. The lowest BCUT2D eigenvalue weighted by Gasteiger charge is -2.20. The molecule has 1 atom stereocenters. The Morgan fingerprint density at radius 3 is 2.29 bits per heavy atom. The summed E-state index contributed by atoms with van der Waals surface area (Å²) in [5.41, 5.74) is 0.808. The van der Waals surface area contributed by atoms with Gasteiger partial charge < -0.3 is 5.32 Å². The molecule has 0 radical (unpaired) electrons. The van der Waals surface area contributed by atoms with Crippen molar-refractivity contribution in [3.05, 3.63) is 70.0 Å². The number of hydrogen-bond donors (Lipinski definition) is 1. The van der Waals surface area contributed by atoms with E-state index in [4.69, 9.17) is 11.6 Å². The Kier molecular flexibility index (Phi) is 5.26. The molecule has 0 aliphatic carbocycles. The highest BCUT2D eigenvalue weighted by Crippen LogP contribution is 2.27. The van der Waals surface area contributed by atoms with E-state index in [1.165, 1.54) is 6.07 Å². The zero-order valence-corrected chi connectivity index (χ0v) is 12.2. The molecule has 5 heteroatoms. The number of benzene rings is 2. The van der Waals surface area contributed by atoms with Crippen LogP contribution in [-0.2, 0) is 0 Å². The van der Waals surface area contributed by atoms with Gasteiger partial charge in [-0.3, -0.25) is 0 Å². The lowest BCUT2D eigenvalue weighted by molar-refractivity contribution is 0.432. The van der Waals surface area contributed by atoms with Gasteiger partial charge in [0, 0.05) is 10.6 Å². The molecule has 0 aromatic heterocycles. The first-order valence-corrected chi connectivity index (χ1v) is 7.04. The molecular weight excluding hydrogens is 299 g/mol. The molecule has 0 saturated carbocycles. The predicted octanol–water partition coefficient (Wildman–Crippen LogP) is 4.85. The van der Waals surface area contributed by atoms with Crippen LogP contribution in [0.5, 0.6) is 0 Å². The molecule has 21 heavy (non-hydrogen) atoms. The first-order chi connectivity index (χ1) is 10.0. The molecule has 112 valence electrons. The minimum atomic E-state index is -1.45. The zero-order chi connectivity index (χ0) is 15.4. The van der Waals surface area contributed by atoms with Gasteiger partial charge in [0.25, 0.3) is 0 Å². The lowest BCUT2D eigenvalue weighted by atomic mass is 9.97. The molecule has 0 fully saturated rings. The fourth-order valence-electron chi connectivity index (χ4n) is 2.12. The van der Waals surface area contributed by atoms with Crippen molar-refractivity contribution in [1.29, 1.82) is 0 Å². The summed E-state index contributed by atoms with van der Waals surface area (Å²) in [6, 6.07) is 8.45. The fraction of sp³-hybridized carbons (Fsp3) is 0.250. The van der Waals surface area contributed by atoms with Gasteiger partial charge in [-0.1, -0.05) is 36.7 Å². The monoisotopic (exact) mass is 313 g/mol. The summed E-state index contributed by atoms with van der Waals surface area (Å²) in [6.07, 6.45) is 0.829. The van der Waals surface area contributed by atoms with Gasteiger partial charge in [-0.15, -0.1) is 0 Å². The highest BCUT2D eigenvalue weighted by molar-refractivity contribution is 6.30. The quantitative estimate of drug-likeness (QED) is 0.778. The second-order valence-corrected chi connectivity index (χ2v) is 5.14. The molecular formula is C16H15ClF3N. The predicted molar refractivity (Wildman–Crippen MR) is 77.9 cm³/mol. The largest absolute Gasteiger partial charge is 0.306 e. The second kappa shape index (κ2) is 6.96. The van der Waals surface area contributed by atoms with E-state index < -0.39 is 23.5 Å². The van der Waals surface area contributed by atoms with Crippen LogP contribution in [0.4, 0.5) is 13.2 Å². The van der Waals surface area contributed by atoms with E-state index in [9.17, 15) is 13.2 Å². The normalized spacial score (nSPS) is 12.4. The van der Waals surface area contributed by atoms with Gasteiger partial charge in [0.15, 0.2) is 17.5 Å². The second-order valence-electron chi connectivity index (χ2n) is 4.70. The van der Waals surface area contributed by atoms with Crippen molar-refractivity contribution in [2.75, 3.05) is 6.54 Å². The van der Waals surface area contributed by atoms with Gasteiger partial charge >= 0.3 is 0 Å². The standard InChI is InChI=1S/C16H15ClF3N/c1-2-9-21-16(10-3-5-11(17)6-4-10)12-7-8-13(18)15(20)14(12)19/h3-8,16,21H,2,9H2,1H3. The Hall–Kier alpha value is -1.52. The molecule has 0 amide bonds. The van der Waals surface area contributed by atoms with E-state index in [0.29, 0.717) is 11.6 Å². The minimum absolute atomic E-state index is 0.0738. The first kappa shape index (κ1) is 15.9. The number of halogens is 4. The summed E-state index contributed by atoms with van der Waals surface area (Å²) in [5.74, 6) is -3.81. The summed E-state index contributed by atoms with van der Waals surface area (Å²) in [4.78, 5) is 0. The molecule has 0 aliphatic heterocycles. The van der Waals surface area contributed by atoms with E-state index >= 15 is 0 Å². The van der Waals surface area contributed by atoms with Crippen LogP contribution in [0.25, 0.3) is 0 Å². The maximum absolute atomic E-state index is 14.0. The van der Waals surface area contributed by atoms with Crippen LogP contribution in [0.1, 0.15) is 30.5 Å². The van der Waals surface area contributed by atoms with E-state index in [2.05, 4.69) is 5.32 Å². The van der Waals surface area contributed by atoms with E-state index in [-0.39, 0.29) is 5.56 Å². The van der Waals surface area contributed by atoms with Crippen LogP contribution in [0.3, 0.4) is 0 Å². The van der Waals surface area contributed by atoms with Crippen molar-refractivity contribution < 1.29 is 13.2 Å². The van der Waals surface area contributed by atoms with Crippen LogP contribution in [0.2, 0.25) is 5.02 Å². The summed E-state index contributed by atoms with van der Waals surface area (Å²) < 4.78 is 40.6. The summed E-state index contributed by atoms with van der Waals surface area (Å²) >= 11 is 5.84. The number of nitrogens with one attached hydrogen (secondary N) is 1. The highest BCUT2D eigenvalue weighted by Gasteiger charge is 2.21. The van der Waals surface area contributed by atoms with Crippen molar-refractivity contribution in [2.24, 2.45) is 0 Å². The van der Waals surface area contributed by atoms with Gasteiger partial charge in [-0.05, 0) is 36.7 Å². The van der Waals surface area contributed by atoms with E-state index in [0.717, 1.165) is 18.1 Å². The third kappa shape index (κ3) is 3.57. The Morgan fingerprint density at radius 2 is 1.67 bits per heavy atom. The lowest BCUT2D eigenvalue weighted by Crippen LogP contribution is -2.24. The Labute approximate surface area is 126 Å². The zero-order valence-electron chi connectivity index (χ0n) is 11.5. The van der Waals surface area contributed by atoms with Crippen molar-refractivity contribution >= 4 is 11.6 Å². The van der Waals surface area contributed by atoms with Crippen molar-refractivity contribution in [1.82, 2.24) is 5.32 Å². The van der Waals surface area contributed by atoms with E-state index in [1.807, 2.05) is 6.92 Å². The van der Waals surface area contributed by atoms with Crippen molar-refractivity contribution in [2.45, 2.75) is 19.4 Å². The van der Waals surface area contributed by atoms with Gasteiger partial charge in [-0.25, -0.2) is 13.2 Å². The average molecular weight is 314 g/mol. The molecule has 1 unspecified atom stereocenters. The van der Waals surface area contributed by atoms with E-state index in [1.54, 1.807) is 24.3 Å². The molecule has 2 aromatic carbocycles. The molecule has 0 spiro atoms. The average Bonchev–Trinajstić information content (AvgIpc) is 2.48. The molecule has 0 aliphatic rings. The third-order valence-electron chi connectivity index (χ3n) is 3.18. The van der Waals surface area contributed by atoms with Crippen LogP contribution in [0.15, 0.2) is 36.4 Å². The Morgan fingerprint density at radius 1 is 1.00 bits per heavy atom. The molecule has 0 heterocycles. The molecule has 2 aromatic rings. The summed E-state index contributed by atoms with van der Waals surface area (Å²) in [5, 5.41) is 3.69. The molecule has 0 saturated heterocycles. The maximum Gasteiger partial charge on any atom is 0.194 e. The summed E-state index contributed by atoms with van der Waals surface area (Å²) in [6.45, 7) is 2.58. The maximum atomic E-state index is 14.0. The van der Waals surface area contributed by atoms with Gasteiger partial charge in [0.1, 0.15) is 0 Å². The first-order valence-electron chi connectivity index (χ1n) is 6.66. The van der Waals surface area contributed by atoms with Gasteiger partial charge in [-0.2, -0.15) is 0 Å². The molecule has 2 rings (SSSR count). The van der Waals surface area contributed by atoms with Crippen molar-refractivity contribution in [3.8, 4) is 0 Å². The van der Waals surface area contributed by atoms with Crippen LogP contribution in [-0.4, -0.2) is 6.54 Å². The van der Waals surface area contributed by atoms with Gasteiger partial charge in [0.2, 0.25) is 0 Å². The number of hydrogen-bond acceptors (Lipinski definition) is 1. The van der Waals surface area contributed by atoms with Crippen LogP contribution in [0, 0.1) is 17.5 Å².